The second kappa shape index (κ2) is 8.13. The fraction of sp³-hybridized carbons (Fsp3) is 0.529. The summed E-state index contributed by atoms with van der Waals surface area (Å²) in [6, 6.07) is 10.5. The first-order valence-electron chi connectivity index (χ1n) is 7.98. The average Bonchev–Trinajstić information content (AvgIpc) is 2.78. The Hall–Kier alpha value is -1.42. The molecule has 0 aliphatic heterocycles. The first-order valence-corrected chi connectivity index (χ1v) is 8.39. The Kier molecular flexibility index (Phi) is 6.18. The summed E-state index contributed by atoms with van der Waals surface area (Å²) in [4.78, 5) is 0. The van der Waals surface area contributed by atoms with Gasteiger partial charge in [0, 0.05) is 0 Å². The lowest BCUT2D eigenvalue weighted by Crippen LogP contribution is -2.36. The minimum absolute atomic E-state index is 0.810. The smallest absolute Gasteiger partial charge is 0.218 e. The van der Waals surface area contributed by atoms with Crippen molar-refractivity contribution in [1.82, 2.24) is 9.78 Å². The van der Waals surface area contributed by atoms with Crippen molar-refractivity contribution in [3.63, 3.8) is 0 Å². The second-order valence-corrected chi connectivity index (χ2v) is 5.97. The number of hydrogen-bond acceptors (Lipinski definition) is 1. The van der Waals surface area contributed by atoms with Crippen LogP contribution in [0.1, 0.15) is 45.4 Å². The molecule has 0 saturated heterocycles. The number of benzene rings is 1. The lowest BCUT2D eigenvalue weighted by Gasteiger charge is -2.03. The van der Waals surface area contributed by atoms with E-state index >= 15 is 0 Å². The maximum Gasteiger partial charge on any atom is 0.323 e. The minimum Gasteiger partial charge on any atom is -0.218 e. The van der Waals surface area contributed by atoms with Gasteiger partial charge in [-0.05, 0) is 30.8 Å². The van der Waals surface area contributed by atoms with E-state index in [1.807, 2.05) is 17.8 Å². The van der Waals surface area contributed by atoms with Crippen LogP contribution in [0.2, 0.25) is 0 Å². The van der Waals surface area contributed by atoms with E-state index in [9.17, 15) is 0 Å². The van der Waals surface area contributed by atoms with E-state index in [4.69, 9.17) is 12.2 Å². The maximum atomic E-state index is 5.47. The van der Waals surface area contributed by atoms with E-state index in [0.29, 0.717) is 0 Å². The number of nitrogens with one attached hydrogen (secondary N) is 1. The molecule has 0 radical (unpaired) electrons. The van der Waals surface area contributed by atoms with Gasteiger partial charge >= 0.3 is 4.77 Å². The molecule has 4 heteroatoms. The Labute approximate surface area is 132 Å². The molecule has 0 fully saturated rings. The van der Waals surface area contributed by atoms with Crippen LogP contribution in [0.25, 0.3) is 11.4 Å². The molecule has 0 atom stereocenters. The topological polar surface area (TPSA) is 24.6 Å². The van der Waals surface area contributed by atoms with Crippen molar-refractivity contribution in [2.24, 2.45) is 7.05 Å². The molecule has 21 heavy (non-hydrogen) atoms. The summed E-state index contributed by atoms with van der Waals surface area (Å²) in [5, 5.41) is 3.23. The van der Waals surface area contributed by atoms with Crippen molar-refractivity contribution < 1.29 is 4.57 Å². The highest BCUT2D eigenvalue weighted by molar-refractivity contribution is 7.71. The standard InChI is InChI=1S/C17H25N3S/c1-3-4-5-6-7-11-14-20-16(19(2)18-17(20)21)15-12-9-8-10-13-15/h8-10,12-13H,3-7,11,14H2,1-2H3/p+1. The summed E-state index contributed by atoms with van der Waals surface area (Å²) in [5.74, 6) is 1.16. The van der Waals surface area contributed by atoms with Gasteiger partial charge in [-0.1, -0.05) is 57.2 Å². The Morgan fingerprint density at radius 3 is 2.43 bits per heavy atom. The predicted octanol–water partition coefficient (Wildman–Crippen LogP) is 4.40. The summed E-state index contributed by atoms with van der Waals surface area (Å²) in [6.45, 7) is 3.25. The number of aromatic nitrogens is 3. The maximum absolute atomic E-state index is 5.47. The zero-order valence-electron chi connectivity index (χ0n) is 13.1. The fourth-order valence-corrected chi connectivity index (χ4v) is 3.04. The monoisotopic (exact) mass is 304 g/mol. The van der Waals surface area contributed by atoms with Gasteiger partial charge in [0.25, 0.3) is 5.82 Å². The van der Waals surface area contributed by atoms with E-state index in [1.165, 1.54) is 44.1 Å². The van der Waals surface area contributed by atoms with Crippen LogP contribution in [0.4, 0.5) is 0 Å². The Morgan fingerprint density at radius 1 is 1.05 bits per heavy atom. The molecule has 1 N–H and O–H groups in total. The van der Waals surface area contributed by atoms with Gasteiger partial charge in [0.1, 0.15) is 0 Å². The number of H-pyrrole nitrogens is 1. The summed E-state index contributed by atoms with van der Waals surface area (Å²) in [5.41, 5.74) is 1.21. The first-order chi connectivity index (χ1) is 10.2. The number of aromatic amines is 1. The summed E-state index contributed by atoms with van der Waals surface area (Å²) < 4.78 is 5.06. The molecule has 0 amide bonds. The Balaban J connectivity index is 2.04. The highest BCUT2D eigenvalue weighted by atomic mass is 32.1. The minimum atomic E-state index is 0.810. The molecule has 0 aliphatic rings. The highest BCUT2D eigenvalue weighted by Gasteiger charge is 2.17. The lowest BCUT2D eigenvalue weighted by molar-refractivity contribution is -0.693. The van der Waals surface area contributed by atoms with Crippen LogP contribution in [0.5, 0.6) is 0 Å². The van der Waals surface area contributed by atoms with E-state index < -0.39 is 0 Å². The zero-order chi connectivity index (χ0) is 15.1. The van der Waals surface area contributed by atoms with Crippen LogP contribution in [0.3, 0.4) is 0 Å². The van der Waals surface area contributed by atoms with Gasteiger partial charge in [-0.3, -0.25) is 0 Å². The van der Waals surface area contributed by atoms with Gasteiger partial charge in [0.05, 0.1) is 19.2 Å². The molecule has 114 valence electrons. The van der Waals surface area contributed by atoms with Gasteiger partial charge in [-0.15, -0.1) is 9.78 Å². The summed E-state index contributed by atoms with van der Waals surface area (Å²) in [7, 11) is 2.02. The first kappa shape index (κ1) is 16.0. The largest absolute Gasteiger partial charge is 0.323 e. The van der Waals surface area contributed by atoms with E-state index in [0.717, 1.165) is 17.1 Å². The van der Waals surface area contributed by atoms with Crippen molar-refractivity contribution in [3.8, 4) is 11.4 Å². The SMILES string of the molecule is CCCCCCCC[n+]1c(-c2ccccc2)n(C)[nH]c1=S. The van der Waals surface area contributed by atoms with Gasteiger partial charge < -0.3 is 0 Å². The number of unbranched alkanes of at least 4 members (excludes halogenated alkanes) is 5. The number of aryl methyl sites for hydroxylation is 1. The van der Waals surface area contributed by atoms with E-state index in [2.05, 4.69) is 40.9 Å². The summed E-state index contributed by atoms with van der Waals surface area (Å²) >= 11 is 5.47. The molecule has 0 bridgehead atoms. The zero-order valence-corrected chi connectivity index (χ0v) is 14.0. The van der Waals surface area contributed by atoms with Crippen molar-refractivity contribution >= 4 is 12.2 Å². The van der Waals surface area contributed by atoms with Crippen LogP contribution in [-0.4, -0.2) is 9.78 Å². The van der Waals surface area contributed by atoms with Gasteiger partial charge in [0.15, 0.2) is 0 Å². The van der Waals surface area contributed by atoms with Crippen LogP contribution < -0.4 is 4.57 Å². The molecule has 0 aliphatic carbocycles. The molecule has 0 spiro atoms. The van der Waals surface area contributed by atoms with Crippen LogP contribution in [0, 0.1) is 4.77 Å². The van der Waals surface area contributed by atoms with Crippen molar-refractivity contribution in [3.05, 3.63) is 35.1 Å². The fourth-order valence-electron chi connectivity index (χ4n) is 2.73. The number of rotatable bonds is 8. The van der Waals surface area contributed by atoms with Crippen LogP contribution >= 0.6 is 12.2 Å². The molecule has 3 nitrogen and oxygen atoms in total. The highest BCUT2D eigenvalue weighted by Crippen LogP contribution is 2.14. The average molecular weight is 304 g/mol. The van der Waals surface area contributed by atoms with Gasteiger partial charge in [-0.25, -0.2) is 4.57 Å². The van der Waals surface area contributed by atoms with Crippen molar-refractivity contribution in [1.29, 1.82) is 0 Å². The molecule has 2 rings (SSSR count). The molecule has 1 heterocycles. The van der Waals surface area contributed by atoms with E-state index in [1.54, 1.807) is 0 Å². The Morgan fingerprint density at radius 2 is 1.71 bits per heavy atom. The number of hydrogen-bond donors (Lipinski definition) is 1. The molecule has 0 saturated carbocycles. The quantitative estimate of drug-likeness (QED) is 0.436. The van der Waals surface area contributed by atoms with Gasteiger partial charge in [0.2, 0.25) is 0 Å². The molecule has 2 aromatic rings. The normalized spacial score (nSPS) is 11.0. The molecule has 1 aromatic heterocycles. The van der Waals surface area contributed by atoms with Crippen LogP contribution in [0.15, 0.2) is 30.3 Å². The third-order valence-corrected chi connectivity index (χ3v) is 4.16. The van der Waals surface area contributed by atoms with Crippen molar-refractivity contribution in [2.75, 3.05) is 0 Å². The molecular weight excluding hydrogens is 278 g/mol. The van der Waals surface area contributed by atoms with Gasteiger partial charge in [-0.2, -0.15) is 0 Å². The molecule has 0 unspecified atom stereocenters. The van der Waals surface area contributed by atoms with E-state index in [-0.39, 0.29) is 0 Å². The number of nitrogens with zero attached hydrogens (tertiary/aromatic N) is 2. The lowest BCUT2D eigenvalue weighted by atomic mass is 10.1. The third-order valence-electron chi connectivity index (χ3n) is 3.85. The third kappa shape index (κ3) is 4.27. The molecular formula is C17H26N3S+. The predicted molar refractivity (Wildman–Crippen MR) is 89.6 cm³/mol. The second-order valence-electron chi connectivity index (χ2n) is 5.59. The summed E-state index contributed by atoms with van der Waals surface area (Å²) in [6.07, 6.45) is 7.82. The van der Waals surface area contributed by atoms with Crippen molar-refractivity contribution in [2.45, 2.75) is 52.0 Å². The molecule has 1 aromatic carbocycles. The Bertz CT molecular complexity index is 598. The van der Waals surface area contributed by atoms with Crippen LogP contribution in [-0.2, 0) is 13.6 Å².